The van der Waals surface area contributed by atoms with Crippen molar-refractivity contribution >= 4 is 16.9 Å². The summed E-state index contributed by atoms with van der Waals surface area (Å²) in [6, 6.07) is 14.4. The van der Waals surface area contributed by atoms with E-state index in [0.29, 0.717) is 30.5 Å². The van der Waals surface area contributed by atoms with Crippen molar-refractivity contribution in [2.45, 2.75) is 64.5 Å². The molecule has 7 rings (SSSR count). The molecule has 0 radical (unpaired) electrons. The molecule has 4 heterocycles. The monoisotopic (exact) mass is 521 g/mol. The molecule has 2 aliphatic heterocycles. The van der Waals surface area contributed by atoms with Crippen LogP contribution in [0.2, 0.25) is 0 Å². The van der Waals surface area contributed by atoms with Crippen LogP contribution in [0.5, 0.6) is 5.75 Å². The van der Waals surface area contributed by atoms with Gasteiger partial charge in [-0.3, -0.25) is 14.8 Å². The molecule has 7 nitrogen and oxygen atoms in total. The number of amides is 1. The Morgan fingerprint density at radius 3 is 2.69 bits per heavy atom. The van der Waals surface area contributed by atoms with E-state index in [-0.39, 0.29) is 5.91 Å². The summed E-state index contributed by atoms with van der Waals surface area (Å²) in [5, 5.41) is 11.6. The second-order valence-corrected chi connectivity index (χ2v) is 11.4. The number of aromatic nitrogens is 3. The smallest absolute Gasteiger partial charge is 0.255 e. The fraction of sp³-hybridized carbons (Fsp3) is 0.406. The van der Waals surface area contributed by atoms with Gasteiger partial charge in [-0.05, 0) is 87.7 Å². The van der Waals surface area contributed by atoms with Crippen molar-refractivity contribution in [3.63, 3.8) is 0 Å². The summed E-state index contributed by atoms with van der Waals surface area (Å²) in [6.07, 6.45) is 9.40. The first-order chi connectivity index (χ1) is 19.1. The molecule has 0 saturated carbocycles. The van der Waals surface area contributed by atoms with E-state index in [1.54, 1.807) is 0 Å². The van der Waals surface area contributed by atoms with Crippen molar-refractivity contribution in [1.29, 1.82) is 0 Å². The van der Waals surface area contributed by atoms with Crippen molar-refractivity contribution in [3.05, 3.63) is 64.8 Å². The number of aryl methyl sites for hydroxylation is 2. The van der Waals surface area contributed by atoms with Gasteiger partial charge in [0.05, 0.1) is 12.1 Å². The van der Waals surface area contributed by atoms with Crippen LogP contribution in [0.25, 0.3) is 33.4 Å². The first kappa shape index (κ1) is 24.3. The molecule has 0 spiro atoms. The highest BCUT2D eigenvalue weighted by Crippen LogP contribution is 2.37. The lowest BCUT2D eigenvalue weighted by Crippen LogP contribution is -2.37. The normalized spacial score (nSPS) is 21.5. The quantitative estimate of drug-likeness (QED) is 0.350. The highest BCUT2D eigenvalue weighted by molar-refractivity contribution is 6.00. The SMILES string of the molecule is Cc1c(-c2n[nH]c3ncc(-c4ccc5c(c4)CCC(N4CCC[C@H]4C)CC5)cc23)ccc2c1OCCNC2=O. The number of rotatable bonds is 3. The average Bonchev–Trinajstić information content (AvgIpc) is 3.44. The van der Waals surface area contributed by atoms with Crippen LogP contribution in [0, 0.1) is 6.92 Å². The van der Waals surface area contributed by atoms with Crippen LogP contribution in [-0.2, 0) is 12.8 Å². The Hall–Kier alpha value is -3.71. The van der Waals surface area contributed by atoms with Crippen molar-refractivity contribution in [2.24, 2.45) is 0 Å². The Labute approximate surface area is 229 Å². The van der Waals surface area contributed by atoms with E-state index in [9.17, 15) is 4.79 Å². The molecular formula is C32H35N5O2. The number of carbonyl (C=O) groups excluding carboxylic acids is 1. The molecule has 1 saturated heterocycles. The lowest BCUT2D eigenvalue weighted by Gasteiger charge is -2.30. The molecule has 2 aromatic heterocycles. The van der Waals surface area contributed by atoms with Crippen molar-refractivity contribution in [3.8, 4) is 28.1 Å². The predicted octanol–water partition coefficient (Wildman–Crippen LogP) is 5.45. The molecule has 3 aliphatic rings. The molecule has 2 aromatic carbocycles. The summed E-state index contributed by atoms with van der Waals surface area (Å²) in [4.78, 5) is 20.0. The fourth-order valence-electron chi connectivity index (χ4n) is 6.89. The van der Waals surface area contributed by atoms with Gasteiger partial charge in [0.15, 0.2) is 5.65 Å². The number of hydrogen-bond donors (Lipinski definition) is 2. The van der Waals surface area contributed by atoms with Gasteiger partial charge in [-0.15, -0.1) is 0 Å². The van der Waals surface area contributed by atoms with Crippen LogP contribution in [0.1, 0.15) is 59.7 Å². The fourth-order valence-corrected chi connectivity index (χ4v) is 6.89. The van der Waals surface area contributed by atoms with Crippen LogP contribution in [0.3, 0.4) is 0 Å². The van der Waals surface area contributed by atoms with E-state index >= 15 is 0 Å². The molecule has 1 unspecified atom stereocenters. The Morgan fingerprint density at radius 1 is 1.00 bits per heavy atom. The number of ether oxygens (including phenoxy) is 1. The zero-order chi connectivity index (χ0) is 26.5. The molecule has 1 amide bonds. The number of fused-ring (bicyclic) bond motifs is 3. The Bertz CT molecular complexity index is 1570. The van der Waals surface area contributed by atoms with Crippen LogP contribution in [0.15, 0.2) is 42.6 Å². The summed E-state index contributed by atoms with van der Waals surface area (Å²) in [7, 11) is 0. The minimum atomic E-state index is -0.0996. The van der Waals surface area contributed by atoms with Crippen molar-refractivity contribution in [2.75, 3.05) is 19.7 Å². The van der Waals surface area contributed by atoms with Gasteiger partial charge < -0.3 is 10.1 Å². The summed E-state index contributed by atoms with van der Waals surface area (Å²) in [5.41, 5.74) is 9.25. The third-order valence-corrected chi connectivity index (χ3v) is 9.06. The largest absolute Gasteiger partial charge is 0.491 e. The first-order valence-electron chi connectivity index (χ1n) is 14.3. The molecule has 4 aromatic rings. The molecule has 1 fully saturated rings. The van der Waals surface area contributed by atoms with Crippen LogP contribution in [-0.4, -0.2) is 57.8 Å². The molecular weight excluding hydrogens is 486 g/mol. The van der Waals surface area contributed by atoms with Crippen LogP contribution < -0.4 is 10.1 Å². The Balaban J connectivity index is 1.21. The molecule has 7 heteroatoms. The molecule has 200 valence electrons. The zero-order valence-electron chi connectivity index (χ0n) is 22.7. The summed E-state index contributed by atoms with van der Waals surface area (Å²) >= 11 is 0. The van der Waals surface area contributed by atoms with Gasteiger partial charge in [0.2, 0.25) is 0 Å². The molecule has 0 bridgehead atoms. The van der Waals surface area contributed by atoms with E-state index in [0.717, 1.165) is 52.3 Å². The van der Waals surface area contributed by atoms with Gasteiger partial charge in [-0.2, -0.15) is 5.10 Å². The second kappa shape index (κ2) is 9.79. The Kier molecular flexibility index (Phi) is 6.11. The van der Waals surface area contributed by atoms with E-state index in [1.165, 1.54) is 48.9 Å². The first-order valence-corrected chi connectivity index (χ1v) is 14.3. The summed E-state index contributed by atoms with van der Waals surface area (Å²) in [6.45, 7) is 6.60. The molecule has 2 atom stereocenters. The number of hydrogen-bond acceptors (Lipinski definition) is 5. The topological polar surface area (TPSA) is 83.1 Å². The standard InChI is InChI=1S/C32H35N5O2/c1-19-4-3-14-37(19)25-9-7-21-5-6-23(16-22(21)8-10-25)24-17-28-29(35-36-31(28)34-18-24)26-11-12-27-30(20(26)2)39-15-13-33-32(27)38/h5-6,11-12,16-19,25H,3-4,7-10,13-15H2,1-2H3,(H,33,38)(H,34,35,36)/t19-,25?/m1/s1. The highest BCUT2D eigenvalue weighted by Gasteiger charge is 2.29. The minimum absolute atomic E-state index is 0.0996. The van der Waals surface area contributed by atoms with Crippen molar-refractivity contribution < 1.29 is 9.53 Å². The van der Waals surface area contributed by atoms with E-state index < -0.39 is 0 Å². The minimum Gasteiger partial charge on any atom is -0.491 e. The van der Waals surface area contributed by atoms with Gasteiger partial charge in [0, 0.05) is 40.4 Å². The van der Waals surface area contributed by atoms with E-state index in [4.69, 9.17) is 9.72 Å². The number of nitrogens with zero attached hydrogens (tertiary/aromatic N) is 3. The summed E-state index contributed by atoms with van der Waals surface area (Å²) < 4.78 is 5.96. The lowest BCUT2D eigenvalue weighted by molar-refractivity contribution is 0.0957. The van der Waals surface area contributed by atoms with Crippen LogP contribution in [0.4, 0.5) is 0 Å². The lowest BCUT2D eigenvalue weighted by atomic mass is 9.95. The highest BCUT2D eigenvalue weighted by atomic mass is 16.5. The van der Waals surface area contributed by atoms with Gasteiger partial charge in [0.1, 0.15) is 18.1 Å². The van der Waals surface area contributed by atoms with E-state index in [1.807, 2.05) is 25.3 Å². The van der Waals surface area contributed by atoms with Gasteiger partial charge in [-0.1, -0.05) is 24.3 Å². The molecule has 1 aliphatic carbocycles. The number of benzene rings is 2. The van der Waals surface area contributed by atoms with Gasteiger partial charge >= 0.3 is 0 Å². The number of nitrogens with one attached hydrogen (secondary N) is 2. The number of carbonyl (C=O) groups is 1. The predicted molar refractivity (Wildman–Crippen MR) is 153 cm³/mol. The van der Waals surface area contributed by atoms with Gasteiger partial charge in [-0.25, -0.2) is 4.98 Å². The molecule has 2 N–H and O–H groups in total. The zero-order valence-corrected chi connectivity index (χ0v) is 22.7. The van der Waals surface area contributed by atoms with E-state index in [2.05, 4.69) is 51.6 Å². The molecule has 39 heavy (non-hydrogen) atoms. The summed E-state index contributed by atoms with van der Waals surface area (Å²) in [5.74, 6) is 0.535. The Morgan fingerprint density at radius 2 is 1.85 bits per heavy atom. The van der Waals surface area contributed by atoms with Crippen molar-refractivity contribution in [1.82, 2.24) is 25.4 Å². The number of likely N-dealkylation sites (tertiary alicyclic amines) is 1. The third-order valence-electron chi connectivity index (χ3n) is 9.06. The maximum Gasteiger partial charge on any atom is 0.255 e. The number of H-pyrrole nitrogens is 1. The number of aromatic amines is 1. The maximum atomic E-state index is 12.5. The average molecular weight is 522 g/mol. The third kappa shape index (κ3) is 4.29. The van der Waals surface area contributed by atoms with Crippen LogP contribution >= 0.6 is 0 Å². The second-order valence-electron chi connectivity index (χ2n) is 11.4. The number of pyridine rings is 1. The maximum absolute atomic E-state index is 12.5. The van der Waals surface area contributed by atoms with Gasteiger partial charge in [0.25, 0.3) is 5.91 Å².